The fourth-order valence-corrected chi connectivity index (χ4v) is 3.17. The van der Waals surface area contributed by atoms with Gasteiger partial charge in [0, 0.05) is 6.54 Å². The summed E-state index contributed by atoms with van der Waals surface area (Å²) < 4.78 is 0. The summed E-state index contributed by atoms with van der Waals surface area (Å²) in [5.74, 6) is 2.10. The van der Waals surface area contributed by atoms with Crippen LogP contribution in [0.3, 0.4) is 0 Å². The zero-order chi connectivity index (χ0) is 11.8. The zero-order valence-corrected chi connectivity index (χ0v) is 12.1. The van der Waals surface area contributed by atoms with Crippen LogP contribution in [0.5, 0.6) is 0 Å². The molecule has 1 aromatic carbocycles. The molecule has 0 amide bonds. The van der Waals surface area contributed by atoms with E-state index in [2.05, 4.69) is 41.9 Å². The normalized spacial score (nSPS) is 19.8. The second-order valence-electron chi connectivity index (χ2n) is 4.42. The van der Waals surface area contributed by atoms with Crippen LogP contribution in [0, 0.1) is 13.8 Å². The summed E-state index contributed by atoms with van der Waals surface area (Å²) in [4.78, 5) is 11.5. The highest BCUT2D eigenvalue weighted by molar-refractivity contribution is 8.15. The van der Waals surface area contributed by atoms with Crippen molar-refractivity contribution in [3.8, 4) is 0 Å². The Kier molecular flexibility index (Phi) is 3.97. The summed E-state index contributed by atoms with van der Waals surface area (Å²) in [6.45, 7) is 6.13. The Balaban J connectivity index is 0.00000120. The number of hydrogen-bond acceptors (Lipinski definition) is 3. The number of aryl methyl sites for hydroxylation is 2. The van der Waals surface area contributed by atoms with Crippen molar-refractivity contribution in [1.29, 1.82) is 0 Å². The topological polar surface area (TPSA) is 28.0 Å². The van der Waals surface area contributed by atoms with E-state index in [1.807, 2.05) is 0 Å². The van der Waals surface area contributed by atoms with Crippen LogP contribution in [0.15, 0.2) is 28.2 Å². The minimum absolute atomic E-state index is 0. The van der Waals surface area contributed by atoms with Crippen LogP contribution in [-0.2, 0) is 0 Å². The van der Waals surface area contributed by atoms with Crippen LogP contribution < -0.4 is 0 Å². The number of rotatable bonds is 1. The molecule has 0 radical (unpaired) electrons. The van der Waals surface area contributed by atoms with E-state index in [1.165, 1.54) is 11.1 Å². The van der Waals surface area contributed by atoms with Gasteiger partial charge in [-0.25, -0.2) is 4.99 Å². The summed E-state index contributed by atoms with van der Waals surface area (Å²) in [5.41, 5.74) is 3.61. The Hall–Kier alpha value is -1.00. The molecular weight excluding hydrogens is 266 g/mol. The molecule has 3 rings (SSSR count). The number of thioether (sulfide) groups is 1. The molecule has 2 aliphatic rings. The Morgan fingerprint density at radius 3 is 2.94 bits per heavy atom. The SMILES string of the molecule is Cc1ccc(N=C2CSC3=NCCN23)c(C)c1.Cl. The van der Waals surface area contributed by atoms with E-state index in [0.717, 1.165) is 35.5 Å². The van der Waals surface area contributed by atoms with Crippen molar-refractivity contribution in [2.75, 3.05) is 18.8 Å². The van der Waals surface area contributed by atoms with Crippen molar-refractivity contribution in [3.63, 3.8) is 0 Å². The second kappa shape index (κ2) is 5.33. The van der Waals surface area contributed by atoms with Gasteiger partial charge in [-0.05, 0) is 25.5 Å². The van der Waals surface area contributed by atoms with Crippen molar-refractivity contribution in [2.45, 2.75) is 13.8 Å². The lowest BCUT2D eigenvalue weighted by molar-refractivity contribution is 0.676. The molecule has 0 spiro atoms. The summed E-state index contributed by atoms with van der Waals surface area (Å²) in [6.07, 6.45) is 0. The summed E-state index contributed by atoms with van der Waals surface area (Å²) in [5, 5.41) is 1.15. The number of halogens is 1. The van der Waals surface area contributed by atoms with E-state index in [1.54, 1.807) is 11.8 Å². The third-order valence-electron chi connectivity index (χ3n) is 3.05. The van der Waals surface area contributed by atoms with Gasteiger partial charge in [0.1, 0.15) is 5.84 Å². The van der Waals surface area contributed by atoms with Crippen molar-refractivity contribution >= 4 is 40.9 Å². The van der Waals surface area contributed by atoms with Crippen molar-refractivity contribution in [2.24, 2.45) is 9.98 Å². The van der Waals surface area contributed by atoms with Crippen molar-refractivity contribution in [1.82, 2.24) is 4.90 Å². The first kappa shape index (κ1) is 13.4. The summed E-state index contributed by atoms with van der Waals surface area (Å²) >= 11 is 1.79. The maximum Gasteiger partial charge on any atom is 0.165 e. The van der Waals surface area contributed by atoms with Gasteiger partial charge in [0.05, 0.1) is 18.0 Å². The molecule has 0 atom stereocenters. The molecule has 5 heteroatoms. The lowest BCUT2D eigenvalue weighted by atomic mass is 10.1. The Morgan fingerprint density at radius 2 is 2.17 bits per heavy atom. The van der Waals surface area contributed by atoms with Crippen LogP contribution in [0.25, 0.3) is 0 Å². The van der Waals surface area contributed by atoms with E-state index in [-0.39, 0.29) is 12.4 Å². The highest BCUT2D eigenvalue weighted by Crippen LogP contribution is 2.27. The largest absolute Gasteiger partial charge is 0.307 e. The van der Waals surface area contributed by atoms with Gasteiger partial charge in [0.15, 0.2) is 5.17 Å². The molecule has 0 unspecified atom stereocenters. The highest BCUT2D eigenvalue weighted by Gasteiger charge is 2.29. The molecule has 96 valence electrons. The number of fused-ring (bicyclic) bond motifs is 1. The van der Waals surface area contributed by atoms with Gasteiger partial charge >= 0.3 is 0 Å². The minimum atomic E-state index is 0. The Bertz CT molecular complexity index is 525. The first-order valence-electron chi connectivity index (χ1n) is 5.83. The molecule has 2 heterocycles. The maximum atomic E-state index is 4.78. The molecule has 0 aromatic heterocycles. The average molecular weight is 282 g/mol. The second-order valence-corrected chi connectivity index (χ2v) is 5.37. The van der Waals surface area contributed by atoms with Gasteiger partial charge in [-0.3, -0.25) is 4.99 Å². The van der Waals surface area contributed by atoms with Crippen LogP contribution in [0.1, 0.15) is 11.1 Å². The zero-order valence-electron chi connectivity index (χ0n) is 10.5. The van der Waals surface area contributed by atoms with E-state index in [0.29, 0.717) is 0 Å². The number of amidine groups is 2. The summed E-state index contributed by atoms with van der Waals surface area (Å²) in [6, 6.07) is 6.40. The van der Waals surface area contributed by atoms with Gasteiger partial charge in [0.25, 0.3) is 0 Å². The van der Waals surface area contributed by atoms with E-state index >= 15 is 0 Å². The Morgan fingerprint density at radius 1 is 1.33 bits per heavy atom. The number of nitrogens with zero attached hydrogens (tertiary/aromatic N) is 3. The third kappa shape index (κ3) is 2.40. The molecule has 1 fully saturated rings. The van der Waals surface area contributed by atoms with Crippen LogP contribution >= 0.6 is 24.2 Å². The fourth-order valence-electron chi connectivity index (χ4n) is 2.16. The number of hydrogen-bond donors (Lipinski definition) is 0. The predicted octanol–water partition coefficient (Wildman–Crippen LogP) is 3.17. The van der Waals surface area contributed by atoms with E-state index < -0.39 is 0 Å². The van der Waals surface area contributed by atoms with Gasteiger partial charge in [0.2, 0.25) is 0 Å². The first-order chi connectivity index (χ1) is 8.24. The number of benzene rings is 1. The van der Waals surface area contributed by atoms with Gasteiger partial charge in [-0.2, -0.15) is 0 Å². The molecule has 0 saturated carbocycles. The predicted molar refractivity (Wildman–Crippen MR) is 81.7 cm³/mol. The monoisotopic (exact) mass is 281 g/mol. The average Bonchev–Trinajstić information content (AvgIpc) is 2.86. The molecule has 3 nitrogen and oxygen atoms in total. The fraction of sp³-hybridized carbons (Fsp3) is 0.385. The van der Waals surface area contributed by atoms with Crippen molar-refractivity contribution < 1.29 is 0 Å². The standard InChI is InChI=1S/C13H15N3S.ClH/c1-9-3-4-11(10(2)7-9)15-12-8-17-13-14-5-6-16(12)13;/h3-4,7H,5-6,8H2,1-2H3;1H. The first-order valence-corrected chi connectivity index (χ1v) is 6.82. The van der Waals surface area contributed by atoms with E-state index in [4.69, 9.17) is 4.99 Å². The van der Waals surface area contributed by atoms with Crippen LogP contribution in [0.2, 0.25) is 0 Å². The molecular formula is C13H16ClN3S. The van der Waals surface area contributed by atoms with Crippen molar-refractivity contribution in [3.05, 3.63) is 29.3 Å². The van der Waals surface area contributed by atoms with E-state index in [9.17, 15) is 0 Å². The smallest absolute Gasteiger partial charge is 0.165 e. The molecule has 0 bridgehead atoms. The molecule has 0 N–H and O–H groups in total. The Labute approximate surface area is 118 Å². The minimum Gasteiger partial charge on any atom is -0.307 e. The van der Waals surface area contributed by atoms with Gasteiger partial charge < -0.3 is 4.90 Å². The van der Waals surface area contributed by atoms with Crippen LogP contribution in [-0.4, -0.2) is 34.7 Å². The molecule has 18 heavy (non-hydrogen) atoms. The lowest BCUT2D eigenvalue weighted by Gasteiger charge is -2.12. The van der Waals surface area contributed by atoms with Gasteiger partial charge in [-0.15, -0.1) is 12.4 Å². The van der Waals surface area contributed by atoms with Gasteiger partial charge in [-0.1, -0.05) is 29.5 Å². The molecule has 1 aromatic rings. The lowest BCUT2D eigenvalue weighted by Crippen LogP contribution is -2.27. The molecule has 0 aliphatic carbocycles. The molecule has 2 aliphatic heterocycles. The maximum absolute atomic E-state index is 4.78. The highest BCUT2D eigenvalue weighted by atomic mass is 35.5. The third-order valence-corrected chi connectivity index (χ3v) is 4.06. The summed E-state index contributed by atoms with van der Waals surface area (Å²) in [7, 11) is 0. The quantitative estimate of drug-likeness (QED) is 0.791. The number of aliphatic imine (C=N–C) groups is 2. The van der Waals surface area contributed by atoms with Crippen LogP contribution in [0.4, 0.5) is 5.69 Å². The molecule has 1 saturated heterocycles.